The zero-order valence-electron chi connectivity index (χ0n) is 23.5. The minimum Gasteiger partial charge on any atom is -0.748 e. The molecule has 0 radical (unpaired) electrons. The van der Waals surface area contributed by atoms with E-state index in [-0.39, 0.29) is 48.0 Å². The molecule has 1 atom stereocenters. The van der Waals surface area contributed by atoms with E-state index in [1.54, 1.807) is 0 Å². The van der Waals surface area contributed by atoms with E-state index < -0.39 is 26.0 Å². The molecule has 0 fully saturated rings. The van der Waals surface area contributed by atoms with Crippen LogP contribution in [0.3, 0.4) is 0 Å². The number of hydrogen-bond donors (Lipinski definition) is 1. The molecule has 0 aliphatic carbocycles. The van der Waals surface area contributed by atoms with Gasteiger partial charge in [0.1, 0.15) is 17.1 Å². The van der Waals surface area contributed by atoms with Gasteiger partial charge in [-0.3, -0.25) is 4.55 Å². The van der Waals surface area contributed by atoms with Gasteiger partial charge in [0.05, 0.1) is 21.6 Å². The summed E-state index contributed by atoms with van der Waals surface area (Å²) in [6.07, 6.45) is 5.24. The number of rotatable bonds is 14. The molecule has 1 N–H and O–H groups in total. The molecule has 0 amide bonds. The summed E-state index contributed by atoms with van der Waals surface area (Å²) in [7, 11) is -8.28. The Morgan fingerprint density at radius 1 is 1.02 bits per heavy atom. The van der Waals surface area contributed by atoms with Gasteiger partial charge < -0.3 is 18.6 Å². The van der Waals surface area contributed by atoms with Crippen molar-refractivity contribution in [2.24, 2.45) is 0 Å². The molecule has 0 saturated heterocycles. The summed E-state index contributed by atoms with van der Waals surface area (Å²) in [6.45, 7) is 2.58. The number of hydrogen-bond acceptors (Lipinski definition) is 8. The Bertz CT molecular complexity index is 1640. The van der Waals surface area contributed by atoms with Crippen molar-refractivity contribution in [3.05, 3.63) is 62.2 Å². The van der Waals surface area contributed by atoms with Crippen LogP contribution >= 0.6 is 31.9 Å². The third-order valence-corrected chi connectivity index (χ3v) is 9.55. The molecule has 42 heavy (non-hydrogen) atoms. The van der Waals surface area contributed by atoms with Crippen LogP contribution in [-0.4, -0.2) is 50.2 Å². The van der Waals surface area contributed by atoms with Crippen LogP contribution in [0.4, 0.5) is 5.69 Å². The Morgan fingerprint density at radius 3 is 2.40 bits per heavy atom. The molecule has 3 aromatic rings. The van der Waals surface area contributed by atoms with Gasteiger partial charge in [-0.25, -0.2) is 8.42 Å². The van der Waals surface area contributed by atoms with E-state index in [0.29, 0.717) is 44.4 Å². The number of furan rings is 1. The van der Waals surface area contributed by atoms with Gasteiger partial charge in [-0.1, -0.05) is 44.4 Å². The monoisotopic (exact) mass is 755 g/mol. The van der Waals surface area contributed by atoms with E-state index in [4.69, 9.17) is 13.7 Å². The average Bonchev–Trinajstić information content (AvgIpc) is 3.39. The normalized spacial score (nSPS) is 15.5. The van der Waals surface area contributed by atoms with Gasteiger partial charge in [-0.2, -0.15) is 8.42 Å². The van der Waals surface area contributed by atoms with Crippen LogP contribution in [0, 0.1) is 0 Å². The van der Waals surface area contributed by atoms with Gasteiger partial charge >= 0.3 is 29.6 Å². The molecule has 9 nitrogen and oxygen atoms in total. The Kier molecular flexibility index (Phi) is 13.0. The van der Waals surface area contributed by atoms with E-state index in [1.807, 2.05) is 42.5 Å². The number of unbranched alkanes of at least 4 members (excludes halogenated alkanes) is 2. The van der Waals surface area contributed by atoms with Gasteiger partial charge in [0, 0.05) is 38.6 Å². The maximum Gasteiger partial charge on any atom is 1.00 e. The van der Waals surface area contributed by atoms with E-state index in [9.17, 15) is 21.4 Å². The number of nitrogens with zero attached hydrogens (tertiary/aromatic N) is 1. The van der Waals surface area contributed by atoms with Crippen LogP contribution in [0.15, 0.2) is 55.3 Å². The molecule has 1 unspecified atom stereocenters. The van der Waals surface area contributed by atoms with Crippen molar-refractivity contribution in [3.8, 4) is 5.75 Å². The minimum atomic E-state index is -4.26. The second kappa shape index (κ2) is 15.4. The minimum absolute atomic E-state index is 0. The molecule has 0 bridgehead atoms. The fourth-order valence-corrected chi connectivity index (χ4v) is 6.81. The molecule has 224 valence electrons. The summed E-state index contributed by atoms with van der Waals surface area (Å²) in [5, 5.41) is 0.942. The van der Waals surface area contributed by atoms with Crippen LogP contribution in [-0.2, 0) is 26.7 Å². The molecule has 2 aromatic carbocycles. The maximum atomic E-state index is 11.2. The second-order valence-corrected chi connectivity index (χ2v) is 15.0. The van der Waals surface area contributed by atoms with Crippen LogP contribution in [0.25, 0.3) is 17.0 Å². The first-order valence-corrected chi connectivity index (χ1v) is 18.1. The summed E-state index contributed by atoms with van der Waals surface area (Å²) in [5.74, 6) is 0.752. The van der Waals surface area contributed by atoms with Crippen molar-refractivity contribution in [2.75, 3.05) is 23.0 Å². The first kappa shape index (κ1) is 35.6. The first-order valence-electron chi connectivity index (χ1n) is 13.3. The van der Waals surface area contributed by atoms with E-state index in [1.165, 1.54) is 0 Å². The van der Waals surface area contributed by atoms with Gasteiger partial charge in [0.25, 0.3) is 10.1 Å². The molecule has 2 heterocycles. The standard InChI is InChI=1S/C28H33Br2NO8S2.Na/c1-2-19(15-27-22(7-3-5-13-40(32,33)34)23-17-20(29)8-10-25(23)38-27)16-28-31(12-4-6-14-41(35,36)37)24-18-21(30)9-11-26(24)39-28;/h8-11,15,17-18,28H,2-7,12-14,16H2,1H3,(H,32,33,34)(H,35,36,37);/q;+1/p-1/b19-15-;. The summed E-state index contributed by atoms with van der Waals surface area (Å²) in [5.41, 5.74) is 3.67. The molecule has 1 aliphatic rings. The molecular weight excluding hydrogens is 725 g/mol. The fourth-order valence-electron chi connectivity index (χ4n) is 4.97. The van der Waals surface area contributed by atoms with Crippen molar-refractivity contribution >= 4 is 74.8 Å². The summed E-state index contributed by atoms with van der Waals surface area (Å²) < 4.78 is 79.1. The third kappa shape index (κ3) is 10.1. The zero-order valence-corrected chi connectivity index (χ0v) is 30.3. The summed E-state index contributed by atoms with van der Waals surface area (Å²) in [4.78, 5) is 2.10. The Morgan fingerprint density at radius 2 is 1.71 bits per heavy atom. The van der Waals surface area contributed by atoms with Gasteiger partial charge in [0.2, 0.25) is 0 Å². The van der Waals surface area contributed by atoms with Crippen molar-refractivity contribution in [1.82, 2.24) is 0 Å². The molecule has 1 aromatic heterocycles. The zero-order chi connectivity index (χ0) is 29.8. The second-order valence-electron chi connectivity index (χ2n) is 10.0. The number of benzene rings is 2. The van der Waals surface area contributed by atoms with Crippen LogP contribution in [0.2, 0.25) is 0 Å². The van der Waals surface area contributed by atoms with Crippen molar-refractivity contribution in [1.29, 1.82) is 0 Å². The molecule has 14 heteroatoms. The van der Waals surface area contributed by atoms with Gasteiger partial charge in [-0.15, -0.1) is 0 Å². The predicted octanol–water partition coefficient (Wildman–Crippen LogP) is 3.91. The number of ether oxygens (including phenoxy) is 1. The maximum absolute atomic E-state index is 11.2. The number of halogens is 2. The van der Waals surface area contributed by atoms with Crippen molar-refractivity contribution in [3.63, 3.8) is 0 Å². The van der Waals surface area contributed by atoms with E-state index >= 15 is 0 Å². The van der Waals surface area contributed by atoms with Crippen LogP contribution in [0.1, 0.15) is 56.8 Å². The summed E-state index contributed by atoms with van der Waals surface area (Å²) >= 11 is 7.04. The number of anilines is 1. The molecule has 1 aliphatic heterocycles. The fraction of sp³-hybridized carbons (Fsp3) is 0.429. The average molecular weight is 757 g/mol. The Labute approximate surface area is 286 Å². The van der Waals surface area contributed by atoms with Crippen molar-refractivity contribution in [2.45, 2.75) is 58.1 Å². The summed E-state index contributed by atoms with van der Waals surface area (Å²) in [6, 6.07) is 11.5. The van der Waals surface area contributed by atoms with E-state index in [2.05, 4.69) is 43.7 Å². The quantitative estimate of drug-likeness (QED) is 0.148. The molecule has 0 saturated carbocycles. The molecule has 0 spiro atoms. The molecular formula is C28H32Br2NNaO8S2. The first-order chi connectivity index (χ1) is 19.3. The largest absolute Gasteiger partial charge is 1.00 e. The Hall–Kier alpha value is -0.900. The predicted molar refractivity (Wildman–Crippen MR) is 166 cm³/mol. The van der Waals surface area contributed by atoms with Gasteiger partial charge in [0.15, 0.2) is 6.23 Å². The number of aryl methyl sites for hydroxylation is 1. The third-order valence-electron chi connectivity index (χ3n) is 6.97. The van der Waals surface area contributed by atoms with Gasteiger partial charge in [-0.05, 0) is 81.0 Å². The SMILES string of the molecule is CC/C(=C/c1oc2ccc(Br)cc2c1CCCCS(=O)(=O)O)CC1Oc2ccc(Br)cc2N1CCCCS(=O)(=O)[O-].[Na+]. The van der Waals surface area contributed by atoms with Crippen LogP contribution < -0.4 is 39.2 Å². The number of fused-ring (bicyclic) bond motifs is 2. The topological polar surface area (TPSA) is 137 Å². The molecule has 4 rings (SSSR count). The van der Waals surface area contributed by atoms with E-state index in [0.717, 1.165) is 48.9 Å². The Balaban J connectivity index is 0.00000484. The van der Waals surface area contributed by atoms with Crippen molar-refractivity contribution < 1.29 is 64.7 Å². The van der Waals surface area contributed by atoms with Crippen LogP contribution in [0.5, 0.6) is 5.75 Å². The smallest absolute Gasteiger partial charge is 0.748 e.